The van der Waals surface area contributed by atoms with Crippen LogP contribution in [0.5, 0.6) is 0 Å². The van der Waals surface area contributed by atoms with Gasteiger partial charge >= 0.3 is 5.97 Å². The monoisotopic (exact) mass is 256 g/mol. The molecule has 1 rings (SSSR count). The van der Waals surface area contributed by atoms with Crippen molar-refractivity contribution in [2.45, 2.75) is 58.0 Å². The minimum atomic E-state index is -0.910. The number of nitrogens with zero attached hydrogens (tertiary/aromatic N) is 1. The highest BCUT2D eigenvalue weighted by atomic mass is 16.4. The van der Waals surface area contributed by atoms with Gasteiger partial charge in [0.15, 0.2) is 0 Å². The molecule has 0 spiro atoms. The third-order valence-corrected chi connectivity index (χ3v) is 3.57. The first kappa shape index (κ1) is 15.0. The van der Waals surface area contributed by atoms with Crippen molar-refractivity contribution in [3.05, 3.63) is 0 Å². The van der Waals surface area contributed by atoms with Crippen molar-refractivity contribution in [1.29, 1.82) is 0 Å². The predicted octanol–water partition coefficient (Wildman–Crippen LogP) is 1.23. The Labute approximate surface area is 109 Å². The zero-order valence-corrected chi connectivity index (χ0v) is 11.3. The molecule has 0 saturated carbocycles. The number of hydrogen-bond acceptors (Lipinski definition) is 3. The van der Waals surface area contributed by atoms with Gasteiger partial charge in [-0.15, -0.1) is 0 Å². The highest BCUT2D eigenvalue weighted by Crippen LogP contribution is 2.19. The van der Waals surface area contributed by atoms with Gasteiger partial charge in [-0.3, -0.25) is 14.5 Å². The van der Waals surface area contributed by atoms with E-state index >= 15 is 0 Å². The molecule has 5 nitrogen and oxygen atoms in total. The molecule has 1 amide bonds. The Morgan fingerprint density at radius 3 is 2.83 bits per heavy atom. The van der Waals surface area contributed by atoms with Gasteiger partial charge in [0.25, 0.3) is 0 Å². The first-order chi connectivity index (χ1) is 8.60. The molecule has 104 valence electrons. The maximum absolute atomic E-state index is 11.8. The Balaban J connectivity index is 2.72. The Morgan fingerprint density at radius 2 is 2.28 bits per heavy atom. The Morgan fingerprint density at radius 1 is 1.56 bits per heavy atom. The largest absolute Gasteiger partial charge is 0.481 e. The Hall–Kier alpha value is -1.10. The van der Waals surface area contributed by atoms with Gasteiger partial charge < -0.3 is 10.4 Å². The summed E-state index contributed by atoms with van der Waals surface area (Å²) in [5.74, 6) is -1.05. The Kier molecular flexibility index (Phi) is 6.12. The summed E-state index contributed by atoms with van der Waals surface area (Å²) in [7, 11) is 0. The number of amides is 1. The van der Waals surface area contributed by atoms with Gasteiger partial charge in [0.2, 0.25) is 5.91 Å². The van der Waals surface area contributed by atoms with Crippen molar-refractivity contribution < 1.29 is 14.7 Å². The first-order valence-electron chi connectivity index (χ1n) is 6.85. The molecule has 0 radical (unpaired) electrons. The van der Waals surface area contributed by atoms with Crippen LogP contribution in [0, 0.1) is 0 Å². The van der Waals surface area contributed by atoms with Gasteiger partial charge in [-0.25, -0.2) is 0 Å². The summed E-state index contributed by atoms with van der Waals surface area (Å²) in [6.45, 7) is 5.62. The van der Waals surface area contributed by atoms with Crippen molar-refractivity contribution in [1.82, 2.24) is 10.2 Å². The zero-order chi connectivity index (χ0) is 13.5. The van der Waals surface area contributed by atoms with Crippen LogP contribution in [0.4, 0.5) is 0 Å². The number of nitrogens with one attached hydrogen (secondary N) is 1. The fraction of sp³-hybridized carbons (Fsp3) is 0.846. The van der Waals surface area contributed by atoms with Crippen LogP contribution in [0.25, 0.3) is 0 Å². The molecule has 2 unspecified atom stereocenters. The van der Waals surface area contributed by atoms with Crippen LogP contribution < -0.4 is 5.32 Å². The number of rotatable bonds is 7. The van der Waals surface area contributed by atoms with Crippen LogP contribution in [-0.2, 0) is 9.59 Å². The van der Waals surface area contributed by atoms with Gasteiger partial charge in [-0.2, -0.15) is 0 Å². The summed E-state index contributed by atoms with van der Waals surface area (Å²) >= 11 is 0. The van der Waals surface area contributed by atoms with E-state index in [0.29, 0.717) is 12.6 Å². The molecular weight excluding hydrogens is 232 g/mol. The summed E-state index contributed by atoms with van der Waals surface area (Å²) in [6, 6.07) is -0.182. The highest BCUT2D eigenvalue weighted by Gasteiger charge is 2.34. The van der Waals surface area contributed by atoms with E-state index in [-0.39, 0.29) is 12.3 Å². The smallest absolute Gasteiger partial charge is 0.305 e. The molecule has 0 aromatic carbocycles. The van der Waals surface area contributed by atoms with Gasteiger partial charge in [0, 0.05) is 19.1 Å². The molecule has 1 fully saturated rings. The van der Waals surface area contributed by atoms with E-state index in [9.17, 15) is 9.59 Å². The number of aliphatic carboxylic acids is 1. The van der Waals surface area contributed by atoms with E-state index in [1.165, 1.54) is 0 Å². The molecular formula is C13H24N2O3. The lowest BCUT2D eigenvalue weighted by molar-refractivity contribution is -0.144. The lowest BCUT2D eigenvalue weighted by Crippen LogP contribution is -2.58. The van der Waals surface area contributed by atoms with E-state index in [0.717, 1.165) is 32.2 Å². The van der Waals surface area contributed by atoms with Gasteiger partial charge in [-0.1, -0.05) is 26.7 Å². The van der Waals surface area contributed by atoms with E-state index < -0.39 is 12.0 Å². The molecule has 1 aliphatic heterocycles. The highest BCUT2D eigenvalue weighted by molar-refractivity contribution is 5.86. The Bertz CT molecular complexity index is 294. The molecule has 0 aromatic rings. The minimum Gasteiger partial charge on any atom is -0.481 e. The first-order valence-corrected chi connectivity index (χ1v) is 6.85. The van der Waals surface area contributed by atoms with E-state index in [1.54, 1.807) is 0 Å². The molecule has 1 aliphatic rings. The lowest BCUT2D eigenvalue weighted by atomic mass is 10.00. The lowest BCUT2D eigenvalue weighted by Gasteiger charge is -2.39. The summed E-state index contributed by atoms with van der Waals surface area (Å²) in [4.78, 5) is 24.8. The SMILES string of the molecule is CCCCC(CC)N1CCNC(=O)C1CC(=O)O. The second-order valence-corrected chi connectivity index (χ2v) is 4.85. The molecule has 0 aromatic heterocycles. The fourth-order valence-corrected chi connectivity index (χ4v) is 2.59. The topological polar surface area (TPSA) is 69.6 Å². The number of hydrogen-bond donors (Lipinski definition) is 2. The number of carbonyl (C=O) groups excluding carboxylic acids is 1. The molecule has 1 heterocycles. The quantitative estimate of drug-likeness (QED) is 0.719. The number of piperazine rings is 1. The van der Waals surface area contributed by atoms with Gasteiger partial charge in [-0.05, 0) is 12.8 Å². The predicted molar refractivity (Wildman–Crippen MR) is 69.4 cm³/mol. The van der Waals surface area contributed by atoms with Gasteiger partial charge in [0.05, 0.1) is 12.5 Å². The van der Waals surface area contributed by atoms with E-state index in [4.69, 9.17) is 5.11 Å². The average molecular weight is 256 g/mol. The molecule has 5 heteroatoms. The molecule has 0 bridgehead atoms. The van der Waals surface area contributed by atoms with Gasteiger partial charge in [0.1, 0.15) is 0 Å². The number of carboxylic acid groups (broad SMARTS) is 1. The normalized spacial score (nSPS) is 22.6. The van der Waals surface area contributed by atoms with Crippen LogP contribution >= 0.6 is 0 Å². The molecule has 1 saturated heterocycles. The second kappa shape index (κ2) is 7.36. The molecule has 0 aliphatic carbocycles. The van der Waals surface area contributed by atoms with Crippen LogP contribution in [-0.4, -0.2) is 47.1 Å². The van der Waals surface area contributed by atoms with Crippen LogP contribution in [0.1, 0.15) is 46.0 Å². The van der Waals surface area contributed by atoms with Crippen molar-refractivity contribution in [2.75, 3.05) is 13.1 Å². The van der Waals surface area contributed by atoms with Crippen LogP contribution in [0.15, 0.2) is 0 Å². The second-order valence-electron chi connectivity index (χ2n) is 4.85. The number of unbranched alkanes of at least 4 members (excludes halogenated alkanes) is 1. The van der Waals surface area contributed by atoms with E-state index in [2.05, 4.69) is 24.1 Å². The summed E-state index contributed by atoms with van der Waals surface area (Å²) in [5.41, 5.74) is 0. The standard InChI is InChI=1S/C13H24N2O3/c1-3-5-6-10(4-2)15-8-7-14-13(18)11(15)9-12(16)17/h10-11H,3-9H2,1-2H3,(H,14,18)(H,16,17). The molecule has 2 N–H and O–H groups in total. The minimum absolute atomic E-state index is 0.103. The van der Waals surface area contributed by atoms with E-state index in [1.807, 2.05) is 0 Å². The summed E-state index contributed by atoms with van der Waals surface area (Å²) in [5, 5.41) is 11.7. The van der Waals surface area contributed by atoms with Crippen molar-refractivity contribution in [2.24, 2.45) is 0 Å². The summed E-state index contributed by atoms with van der Waals surface area (Å²) < 4.78 is 0. The van der Waals surface area contributed by atoms with Crippen molar-refractivity contribution >= 4 is 11.9 Å². The maximum atomic E-state index is 11.8. The third kappa shape index (κ3) is 3.98. The maximum Gasteiger partial charge on any atom is 0.305 e. The number of carboxylic acids is 1. The van der Waals surface area contributed by atoms with Crippen molar-refractivity contribution in [3.63, 3.8) is 0 Å². The zero-order valence-electron chi connectivity index (χ0n) is 11.3. The molecule has 18 heavy (non-hydrogen) atoms. The third-order valence-electron chi connectivity index (χ3n) is 3.57. The number of carbonyl (C=O) groups is 2. The average Bonchev–Trinajstić information content (AvgIpc) is 2.33. The van der Waals surface area contributed by atoms with Crippen molar-refractivity contribution in [3.8, 4) is 0 Å². The fourth-order valence-electron chi connectivity index (χ4n) is 2.59. The van der Waals surface area contributed by atoms with Crippen LogP contribution in [0.3, 0.4) is 0 Å². The summed E-state index contributed by atoms with van der Waals surface area (Å²) in [6.07, 6.45) is 4.14. The molecule has 2 atom stereocenters. The van der Waals surface area contributed by atoms with Crippen LogP contribution in [0.2, 0.25) is 0 Å².